The van der Waals surface area contributed by atoms with Crippen LogP contribution in [0.2, 0.25) is 0 Å². The molecule has 0 saturated carbocycles. The summed E-state index contributed by atoms with van der Waals surface area (Å²) in [5, 5.41) is 5.38. The lowest BCUT2D eigenvalue weighted by atomic mass is 9.96. The Morgan fingerprint density at radius 3 is 2.04 bits per heavy atom. The van der Waals surface area contributed by atoms with Crippen LogP contribution in [0.4, 0.5) is 0 Å². The summed E-state index contributed by atoms with van der Waals surface area (Å²) in [5.41, 5.74) is 16.2. The molecular formula is C18H35N7O3. The van der Waals surface area contributed by atoms with Gasteiger partial charge in [0.2, 0.25) is 11.8 Å². The average Bonchev–Trinajstić information content (AvgIpc) is 2.62. The third kappa shape index (κ3) is 8.83. The molecule has 0 aromatic carbocycles. The zero-order chi connectivity index (χ0) is 21.9. The molecule has 28 heavy (non-hydrogen) atoms. The second-order valence-corrected chi connectivity index (χ2v) is 7.05. The van der Waals surface area contributed by atoms with E-state index in [1.54, 1.807) is 13.8 Å². The fourth-order valence-corrected chi connectivity index (χ4v) is 2.52. The summed E-state index contributed by atoms with van der Waals surface area (Å²) in [4.78, 5) is 44.8. The fraction of sp³-hybridized carbons (Fsp3) is 0.722. The molecule has 0 aliphatic heterocycles. The molecule has 0 saturated heterocycles. The van der Waals surface area contributed by atoms with Crippen molar-refractivity contribution in [3.05, 3.63) is 0 Å². The maximum absolute atomic E-state index is 12.7. The summed E-state index contributed by atoms with van der Waals surface area (Å²) < 4.78 is 0. The van der Waals surface area contributed by atoms with Gasteiger partial charge < -0.3 is 27.8 Å². The van der Waals surface area contributed by atoms with Gasteiger partial charge in [0.25, 0.3) is 5.91 Å². The Labute approximate surface area is 166 Å². The van der Waals surface area contributed by atoms with Gasteiger partial charge in [-0.1, -0.05) is 34.1 Å². The minimum Gasteiger partial charge on any atom is -0.370 e. The van der Waals surface area contributed by atoms with Crippen molar-refractivity contribution in [1.29, 1.82) is 0 Å². The van der Waals surface area contributed by atoms with E-state index in [2.05, 4.69) is 20.6 Å². The van der Waals surface area contributed by atoms with E-state index in [0.717, 1.165) is 0 Å². The lowest BCUT2D eigenvalue weighted by molar-refractivity contribution is -0.131. The van der Waals surface area contributed by atoms with Crippen LogP contribution >= 0.6 is 0 Å². The molecule has 10 heteroatoms. The molecule has 0 rings (SSSR count). The van der Waals surface area contributed by atoms with Crippen molar-refractivity contribution < 1.29 is 14.4 Å². The Morgan fingerprint density at radius 1 is 1.00 bits per heavy atom. The van der Waals surface area contributed by atoms with Crippen LogP contribution in [0.3, 0.4) is 0 Å². The fourth-order valence-electron chi connectivity index (χ4n) is 2.52. The van der Waals surface area contributed by atoms with Crippen LogP contribution in [0.15, 0.2) is 9.98 Å². The first-order chi connectivity index (χ1) is 13.0. The molecule has 0 aromatic rings. The summed E-state index contributed by atoms with van der Waals surface area (Å²) in [6, 6.07) is -1.62. The number of rotatable bonds is 12. The first-order valence-corrected chi connectivity index (χ1v) is 9.46. The number of amides is 3. The molecule has 10 nitrogen and oxygen atoms in total. The average molecular weight is 398 g/mol. The molecule has 0 aliphatic carbocycles. The number of hydrogen-bond acceptors (Lipinski definition) is 5. The van der Waals surface area contributed by atoms with Gasteiger partial charge >= 0.3 is 0 Å². The van der Waals surface area contributed by atoms with Crippen molar-refractivity contribution in [3.63, 3.8) is 0 Å². The minimum atomic E-state index is -0.812. The molecular weight excluding hydrogens is 362 g/mol. The standard InChI is InChI=1S/C18H35N7O3/c1-6-11(4)14(17(28)24-13(10(2)3)15(19)26)25-16(27)12(22-5)8-7-9-23-18(20)21/h10-11,13-14H,6-9H2,1-5H3,(H2,19,26)(H,24,28)(H,25,27)(H4,20,21,23)/t11-,13-,14?/m0/s1. The van der Waals surface area contributed by atoms with Crippen molar-refractivity contribution in [2.45, 2.75) is 59.0 Å². The lowest BCUT2D eigenvalue weighted by Gasteiger charge is -2.27. The number of hydrogen-bond donors (Lipinski definition) is 5. The van der Waals surface area contributed by atoms with Gasteiger partial charge in [0.05, 0.1) is 5.71 Å². The van der Waals surface area contributed by atoms with E-state index in [1.807, 2.05) is 13.8 Å². The first kappa shape index (κ1) is 25.4. The van der Waals surface area contributed by atoms with Crippen LogP contribution in [-0.4, -0.2) is 55.1 Å². The van der Waals surface area contributed by atoms with Gasteiger partial charge in [-0.05, 0) is 24.7 Å². The van der Waals surface area contributed by atoms with E-state index in [1.165, 1.54) is 7.05 Å². The number of guanidine groups is 1. The molecule has 3 amide bonds. The summed E-state index contributed by atoms with van der Waals surface area (Å²) in [6.07, 6.45) is 1.56. The Hall–Kier alpha value is -2.65. The van der Waals surface area contributed by atoms with Gasteiger partial charge in [-0.15, -0.1) is 0 Å². The van der Waals surface area contributed by atoms with Gasteiger partial charge in [0.15, 0.2) is 5.96 Å². The van der Waals surface area contributed by atoms with Gasteiger partial charge in [-0.3, -0.25) is 24.4 Å². The Morgan fingerprint density at radius 2 is 1.61 bits per heavy atom. The molecule has 3 atom stereocenters. The highest BCUT2D eigenvalue weighted by molar-refractivity contribution is 6.39. The zero-order valence-electron chi connectivity index (χ0n) is 17.5. The van der Waals surface area contributed by atoms with Crippen LogP contribution in [0.5, 0.6) is 0 Å². The Kier molecular flexibility index (Phi) is 11.5. The van der Waals surface area contributed by atoms with Crippen LogP contribution in [0.1, 0.15) is 47.0 Å². The van der Waals surface area contributed by atoms with Crippen molar-refractivity contribution >= 4 is 29.4 Å². The molecule has 0 spiro atoms. The van der Waals surface area contributed by atoms with E-state index in [-0.39, 0.29) is 17.8 Å². The predicted molar refractivity (Wildman–Crippen MR) is 111 cm³/mol. The van der Waals surface area contributed by atoms with E-state index < -0.39 is 29.8 Å². The van der Waals surface area contributed by atoms with Crippen molar-refractivity contribution in [2.75, 3.05) is 13.6 Å². The summed E-state index contributed by atoms with van der Waals surface area (Å²) in [5.74, 6) is -1.83. The number of nitrogens with one attached hydrogen (secondary N) is 2. The molecule has 1 unspecified atom stereocenters. The smallest absolute Gasteiger partial charge is 0.265 e. The molecule has 0 radical (unpaired) electrons. The third-order valence-corrected chi connectivity index (χ3v) is 4.45. The third-order valence-electron chi connectivity index (χ3n) is 4.45. The minimum absolute atomic E-state index is 0.0119. The molecule has 0 aliphatic rings. The van der Waals surface area contributed by atoms with Crippen molar-refractivity contribution in [3.8, 4) is 0 Å². The van der Waals surface area contributed by atoms with E-state index in [4.69, 9.17) is 17.2 Å². The molecule has 0 aromatic heterocycles. The topological polar surface area (TPSA) is 178 Å². The van der Waals surface area contributed by atoms with Crippen LogP contribution in [0, 0.1) is 11.8 Å². The normalized spacial score (nSPS) is 14.7. The maximum atomic E-state index is 12.7. The van der Waals surface area contributed by atoms with Gasteiger partial charge in [-0.2, -0.15) is 0 Å². The second kappa shape index (κ2) is 12.7. The first-order valence-electron chi connectivity index (χ1n) is 9.46. The van der Waals surface area contributed by atoms with E-state index in [9.17, 15) is 14.4 Å². The molecule has 8 N–H and O–H groups in total. The van der Waals surface area contributed by atoms with Gasteiger partial charge in [0, 0.05) is 13.6 Å². The predicted octanol–water partition coefficient (Wildman–Crippen LogP) is -0.732. The molecule has 0 heterocycles. The largest absolute Gasteiger partial charge is 0.370 e. The molecule has 0 bridgehead atoms. The highest BCUT2D eigenvalue weighted by Crippen LogP contribution is 2.10. The van der Waals surface area contributed by atoms with Crippen LogP contribution in [0.25, 0.3) is 0 Å². The number of nitrogens with zero attached hydrogens (tertiary/aromatic N) is 2. The van der Waals surface area contributed by atoms with Crippen molar-refractivity contribution in [2.24, 2.45) is 39.0 Å². The Bertz CT molecular complexity index is 598. The SMILES string of the molecule is CC[C@H](C)C(NC(=O)C(CCCN=C(N)N)=NC)C(=O)N[C@H](C(N)=O)C(C)C. The molecule has 0 fully saturated rings. The Balaban J connectivity index is 5.15. The summed E-state index contributed by atoms with van der Waals surface area (Å²) in [6.45, 7) is 7.70. The van der Waals surface area contributed by atoms with E-state index in [0.29, 0.717) is 31.5 Å². The zero-order valence-corrected chi connectivity index (χ0v) is 17.5. The number of carbonyl (C=O) groups is 3. The van der Waals surface area contributed by atoms with Crippen molar-refractivity contribution in [1.82, 2.24) is 10.6 Å². The maximum Gasteiger partial charge on any atom is 0.265 e. The lowest BCUT2D eigenvalue weighted by Crippen LogP contribution is -2.57. The highest BCUT2D eigenvalue weighted by atomic mass is 16.2. The quantitative estimate of drug-likeness (QED) is 0.165. The van der Waals surface area contributed by atoms with E-state index >= 15 is 0 Å². The summed E-state index contributed by atoms with van der Waals surface area (Å²) >= 11 is 0. The van der Waals surface area contributed by atoms with Gasteiger partial charge in [-0.25, -0.2) is 0 Å². The number of nitrogens with two attached hydrogens (primary N) is 3. The van der Waals surface area contributed by atoms with Crippen LogP contribution < -0.4 is 27.8 Å². The number of carbonyl (C=O) groups excluding carboxylic acids is 3. The highest BCUT2D eigenvalue weighted by Gasteiger charge is 2.31. The van der Waals surface area contributed by atoms with Gasteiger partial charge in [0.1, 0.15) is 12.1 Å². The second-order valence-electron chi connectivity index (χ2n) is 7.05. The monoisotopic (exact) mass is 397 g/mol. The summed E-state index contributed by atoms with van der Waals surface area (Å²) in [7, 11) is 1.51. The number of aliphatic imine (C=N–C) groups is 2. The van der Waals surface area contributed by atoms with Crippen LogP contribution in [-0.2, 0) is 14.4 Å². The number of primary amides is 1. The molecule has 160 valence electrons.